The third-order valence-corrected chi connectivity index (χ3v) is 2.78. The molecule has 0 saturated heterocycles. The first-order valence-corrected chi connectivity index (χ1v) is 6.70. The van der Waals surface area contributed by atoms with Gasteiger partial charge in [0.05, 0.1) is 12.3 Å². The quantitative estimate of drug-likeness (QED) is 0.305. The fourth-order valence-corrected chi connectivity index (χ4v) is 1.75. The van der Waals surface area contributed by atoms with Gasteiger partial charge in [0.15, 0.2) is 0 Å². The Morgan fingerprint density at radius 1 is 1.00 bits per heavy atom. The van der Waals surface area contributed by atoms with Gasteiger partial charge in [0.2, 0.25) is 0 Å². The Morgan fingerprint density at radius 3 is 2.33 bits per heavy atom. The van der Waals surface area contributed by atoms with E-state index in [9.17, 15) is 0 Å². The van der Waals surface area contributed by atoms with Gasteiger partial charge in [-0.25, -0.2) is 0 Å². The molecule has 0 fully saturated rings. The second-order valence-corrected chi connectivity index (χ2v) is 4.33. The summed E-state index contributed by atoms with van der Waals surface area (Å²) in [6, 6.07) is 7.46. The maximum atomic E-state index is 5.64. The summed E-state index contributed by atoms with van der Waals surface area (Å²) in [6.45, 7) is 3.01. The van der Waals surface area contributed by atoms with E-state index in [4.69, 9.17) is 10.6 Å². The summed E-state index contributed by atoms with van der Waals surface area (Å²) in [4.78, 5) is 0. The lowest BCUT2D eigenvalue weighted by Gasteiger charge is -2.06. The van der Waals surface area contributed by atoms with E-state index in [0.717, 1.165) is 24.5 Å². The number of hydrogen-bond donors (Lipinski definition) is 1. The Bertz CT molecular complexity index is 335. The zero-order valence-electron chi connectivity index (χ0n) is 11.1. The maximum Gasteiger partial charge on any atom is 0.119 e. The van der Waals surface area contributed by atoms with Crippen LogP contribution < -0.4 is 10.6 Å². The molecule has 0 aliphatic rings. The van der Waals surface area contributed by atoms with E-state index in [1.807, 2.05) is 24.3 Å². The molecule has 1 rings (SSSR count). The molecule has 0 heterocycles. The topological polar surface area (TPSA) is 60.0 Å². The molecule has 0 radical (unpaired) electrons. The number of hydrogen-bond acceptors (Lipinski definition) is 3. The van der Waals surface area contributed by atoms with Crippen molar-refractivity contribution in [2.75, 3.05) is 6.61 Å². The van der Waals surface area contributed by atoms with Gasteiger partial charge in [-0.3, -0.25) is 0 Å². The highest BCUT2D eigenvalue weighted by molar-refractivity contribution is 5.40. The van der Waals surface area contributed by atoms with E-state index in [-0.39, 0.29) is 0 Å². The van der Waals surface area contributed by atoms with Gasteiger partial charge in [-0.05, 0) is 30.7 Å². The minimum Gasteiger partial charge on any atom is -0.494 e. The second-order valence-electron chi connectivity index (χ2n) is 4.33. The highest BCUT2D eigenvalue weighted by Gasteiger charge is 1.95. The zero-order valence-corrected chi connectivity index (χ0v) is 11.1. The van der Waals surface area contributed by atoms with E-state index in [1.54, 1.807) is 0 Å². The van der Waals surface area contributed by atoms with Crippen LogP contribution in [0.3, 0.4) is 0 Å². The lowest BCUT2D eigenvalue weighted by molar-refractivity contribution is 0.304. The van der Waals surface area contributed by atoms with Crippen LogP contribution in [0.4, 0.5) is 5.69 Å². The van der Waals surface area contributed by atoms with Crippen molar-refractivity contribution in [1.29, 1.82) is 0 Å². The molecular weight excluding hydrogens is 226 g/mol. The van der Waals surface area contributed by atoms with Crippen molar-refractivity contribution in [1.82, 2.24) is 0 Å². The highest BCUT2D eigenvalue weighted by Crippen LogP contribution is 2.18. The van der Waals surface area contributed by atoms with Crippen molar-refractivity contribution in [3.8, 4) is 5.75 Å². The van der Waals surface area contributed by atoms with Gasteiger partial charge in [-0.2, -0.15) is 0 Å². The monoisotopic (exact) mass is 249 g/mol. The lowest BCUT2D eigenvalue weighted by atomic mass is 10.1. The number of ether oxygens (including phenoxy) is 1. The molecule has 0 saturated carbocycles. The summed E-state index contributed by atoms with van der Waals surface area (Å²) < 4.78 is 5.64. The predicted molar refractivity (Wildman–Crippen MR) is 74.0 cm³/mol. The molecule has 4 heteroatoms. The summed E-state index contributed by atoms with van der Waals surface area (Å²) in [5, 5.41) is 6.96. The smallest absolute Gasteiger partial charge is 0.119 e. The highest BCUT2D eigenvalue weighted by atomic mass is 16.5. The lowest BCUT2D eigenvalue weighted by Crippen LogP contribution is -1.96. The summed E-state index contributed by atoms with van der Waals surface area (Å²) >= 11 is 0. The molecule has 0 unspecified atom stereocenters. The average Bonchev–Trinajstić information content (AvgIpc) is 2.40. The molecule has 0 aliphatic carbocycles. The number of rotatable bonds is 9. The van der Waals surface area contributed by atoms with Gasteiger partial charge in [0.1, 0.15) is 5.75 Å². The Kier molecular flexibility index (Phi) is 7.60. The van der Waals surface area contributed by atoms with Crippen molar-refractivity contribution in [2.45, 2.75) is 45.4 Å². The minimum absolute atomic E-state index is 0.740. The summed E-state index contributed by atoms with van der Waals surface area (Å²) in [5.41, 5.74) is 0.740. The van der Waals surface area contributed by atoms with E-state index in [0.29, 0.717) is 0 Å². The molecule has 18 heavy (non-hydrogen) atoms. The van der Waals surface area contributed by atoms with Crippen molar-refractivity contribution >= 4 is 5.69 Å². The van der Waals surface area contributed by atoms with Crippen LogP contribution in [0.5, 0.6) is 5.75 Å². The largest absolute Gasteiger partial charge is 0.494 e. The molecule has 0 bridgehead atoms. The van der Waals surface area contributed by atoms with Crippen LogP contribution in [0.2, 0.25) is 0 Å². The molecular formula is C14H23N3O. The fourth-order valence-electron chi connectivity index (χ4n) is 1.75. The third kappa shape index (κ3) is 6.23. The summed E-state index contributed by atoms with van der Waals surface area (Å²) in [6.07, 6.45) is 7.66. The molecule has 2 N–H and O–H groups in total. The van der Waals surface area contributed by atoms with Crippen LogP contribution in [0.1, 0.15) is 45.4 Å². The molecule has 1 aromatic carbocycles. The van der Waals surface area contributed by atoms with Crippen LogP contribution in [-0.4, -0.2) is 6.61 Å². The molecule has 4 nitrogen and oxygen atoms in total. The SMILES string of the molecule is CCCCCCCCOc1ccc(N=NN)cc1. The number of benzene rings is 1. The van der Waals surface area contributed by atoms with E-state index >= 15 is 0 Å². The molecule has 0 aromatic heterocycles. The van der Waals surface area contributed by atoms with Gasteiger partial charge in [0.25, 0.3) is 0 Å². The molecule has 0 amide bonds. The van der Waals surface area contributed by atoms with Gasteiger partial charge in [-0.15, -0.1) is 5.11 Å². The zero-order chi connectivity index (χ0) is 13.1. The molecule has 0 atom stereocenters. The minimum atomic E-state index is 0.740. The van der Waals surface area contributed by atoms with Gasteiger partial charge >= 0.3 is 0 Å². The average molecular weight is 249 g/mol. The Hall–Kier alpha value is -1.58. The standard InChI is InChI=1S/C14H23N3O/c1-2-3-4-5-6-7-12-18-14-10-8-13(9-11-14)16-17-15/h8-11H,2-7,12H2,1H3,(H2,15,16). The van der Waals surface area contributed by atoms with Crippen molar-refractivity contribution < 1.29 is 4.74 Å². The molecule has 100 valence electrons. The van der Waals surface area contributed by atoms with Crippen molar-refractivity contribution in [2.24, 2.45) is 16.2 Å². The fraction of sp³-hybridized carbons (Fsp3) is 0.571. The predicted octanol–water partition coefficient (Wildman–Crippen LogP) is 4.38. The van der Waals surface area contributed by atoms with Crippen LogP contribution in [-0.2, 0) is 0 Å². The first-order valence-electron chi connectivity index (χ1n) is 6.70. The number of nitrogens with zero attached hydrogens (tertiary/aromatic N) is 2. The third-order valence-electron chi connectivity index (χ3n) is 2.78. The van der Waals surface area contributed by atoms with Gasteiger partial charge in [-0.1, -0.05) is 44.3 Å². The van der Waals surface area contributed by atoms with Gasteiger partial charge in [0, 0.05) is 0 Å². The van der Waals surface area contributed by atoms with Crippen LogP contribution in [0.15, 0.2) is 34.6 Å². The summed E-state index contributed by atoms with van der Waals surface area (Å²) in [5.74, 6) is 5.85. The Labute approximate surface area is 109 Å². The van der Waals surface area contributed by atoms with E-state index in [2.05, 4.69) is 17.3 Å². The molecule has 0 aliphatic heterocycles. The molecule has 1 aromatic rings. The van der Waals surface area contributed by atoms with E-state index in [1.165, 1.54) is 32.1 Å². The second kappa shape index (κ2) is 9.45. The first kappa shape index (κ1) is 14.5. The van der Waals surface area contributed by atoms with E-state index < -0.39 is 0 Å². The molecule has 0 spiro atoms. The number of nitrogens with two attached hydrogens (primary N) is 1. The number of unbranched alkanes of at least 4 members (excludes halogenated alkanes) is 5. The van der Waals surface area contributed by atoms with Crippen LogP contribution >= 0.6 is 0 Å². The van der Waals surface area contributed by atoms with Crippen molar-refractivity contribution in [3.05, 3.63) is 24.3 Å². The Balaban J connectivity index is 2.11. The maximum absolute atomic E-state index is 5.64. The van der Waals surface area contributed by atoms with Gasteiger partial charge < -0.3 is 10.6 Å². The summed E-state index contributed by atoms with van der Waals surface area (Å²) in [7, 11) is 0. The van der Waals surface area contributed by atoms with Crippen LogP contribution in [0.25, 0.3) is 0 Å². The first-order chi connectivity index (χ1) is 8.86. The van der Waals surface area contributed by atoms with Crippen molar-refractivity contribution in [3.63, 3.8) is 0 Å². The Morgan fingerprint density at radius 2 is 1.67 bits per heavy atom. The van der Waals surface area contributed by atoms with Crippen LogP contribution in [0, 0.1) is 0 Å². The normalized spacial score (nSPS) is 10.9.